The topological polar surface area (TPSA) is 77.4 Å². The van der Waals surface area contributed by atoms with Gasteiger partial charge in [-0.15, -0.1) is 0 Å². The molecule has 10 heteroatoms. The summed E-state index contributed by atoms with van der Waals surface area (Å²) < 4.78 is 43.7. The normalized spacial score (nSPS) is 11.1. The molecule has 0 unspecified atom stereocenters. The van der Waals surface area contributed by atoms with Crippen molar-refractivity contribution in [3.8, 4) is 0 Å². The second-order valence-electron chi connectivity index (χ2n) is 5.36. The Morgan fingerprint density at radius 3 is 2.41 bits per heavy atom. The molecule has 1 heterocycles. The van der Waals surface area contributed by atoms with Gasteiger partial charge in [-0.05, 0) is 23.8 Å². The molecule has 144 valence electrons. The Morgan fingerprint density at radius 1 is 1.15 bits per heavy atom. The summed E-state index contributed by atoms with van der Waals surface area (Å²) in [5.74, 6) is -0.657. The number of amides is 1. The number of ether oxygens (including phenoxy) is 1. The van der Waals surface area contributed by atoms with Gasteiger partial charge in [-0.25, -0.2) is 0 Å². The van der Waals surface area contributed by atoms with E-state index in [2.05, 4.69) is 10.1 Å². The molecule has 0 aliphatic carbocycles. The Bertz CT molecular complexity index is 879. The number of halogens is 3. The number of aromatic nitrogens is 1. The molecule has 1 amide bonds. The number of pyridine rings is 1. The fraction of sp³-hybridized carbons (Fsp3) is 0.235. The molecule has 0 atom stereocenters. The summed E-state index contributed by atoms with van der Waals surface area (Å²) in [5, 5.41) is 2.10. The maximum absolute atomic E-state index is 12.8. The van der Waals surface area contributed by atoms with E-state index >= 15 is 0 Å². The van der Waals surface area contributed by atoms with Crippen LogP contribution >= 0.6 is 11.8 Å². The van der Waals surface area contributed by atoms with Gasteiger partial charge in [0.05, 0.1) is 19.2 Å². The highest BCUT2D eigenvalue weighted by Gasteiger charge is 2.31. The number of nitrogens with one attached hydrogen (secondary N) is 1. The lowest BCUT2D eigenvalue weighted by Gasteiger charge is -2.11. The number of benzene rings is 1. The molecule has 0 aliphatic rings. The summed E-state index contributed by atoms with van der Waals surface area (Å²) in [7, 11) is 1.22. The number of methoxy groups -OCH3 is 1. The van der Waals surface area contributed by atoms with E-state index in [0.29, 0.717) is 11.3 Å². The molecule has 6 nitrogen and oxygen atoms in total. The average Bonchev–Trinajstić information content (AvgIpc) is 2.62. The van der Waals surface area contributed by atoms with E-state index in [1.807, 2.05) is 0 Å². The third-order valence-electron chi connectivity index (χ3n) is 3.41. The van der Waals surface area contributed by atoms with Crippen LogP contribution in [0.25, 0.3) is 0 Å². The Labute approximate surface area is 156 Å². The first kappa shape index (κ1) is 20.6. The summed E-state index contributed by atoms with van der Waals surface area (Å²) in [6, 6.07) is 7.86. The van der Waals surface area contributed by atoms with Gasteiger partial charge in [0, 0.05) is 18.0 Å². The number of thioether (sulfide) groups is 1. The van der Waals surface area contributed by atoms with Crippen molar-refractivity contribution in [2.24, 2.45) is 0 Å². The maximum Gasteiger partial charge on any atom is 0.417 e. The van der Waals surface area contributed by atoms with Crippen molar-refractivity contribution in [2.75, 3.05) is 18.2 Å². The zero-order chi connectivity index (χ0) is 20.0. The molecule has 0 aliphatic heterocycles. The van der Waals surface area contributed by atoms with Crippen molar-refractivity contribution < 1.29 is 27.5 Å². The highest BCUT2D eigenvalue weighted by molar-refractivity contribution is 8.14. The van der Waals surface area contributed by atoms with Crippen LogP contribution in [-0.4, -0.2) is 28.6 Å². The molecule has 0 saturated carbocycles. The van der Waals surface area contributed by atoms with Crippen molar-refractivity contribution in [2.45, 2.75) is 12.7 Å². The van der Waals surface area contributed by atoms with E-state index in [-0.39, 0.29) is 12.3 Å². The third kappa shape index (κ3) is 6.17. The number of nitrogens with zero attached hydrogens (tertiary/aromatic N) is 1. The standard InChI is InChI=1S/C17H15F3N2O4S/c1-26-15(24)10-27-16(25)21-13-5-2-11(3-6-13)8-22-9-12(17(18,19)20)4-7-14(22)23/h2-7,9H,8,10H2,1H3,(H,21,25). The van der Waals surface area contributed by atoms with Crippen LogP contribution in [0.5, 0.6) is 0 Å². The van der Waals surface area contributed by atoms with Crippen LogP contribution in [0.15, 0.2) is 47.4 Å². The number of hydrogen-bond acceptors (Lipinski definition) is 5. The molecule has 27 heavy (non-hydrogen) atoms. The van der Waals surface area contributed by atoms with Gasteiger partial charge in [0.1, 0.15) is 5.75 Å². The van der Waals surface area contributed by atoms with E-state index in [1.54, 1.807) is 24.3 Å². The van der Waals surface area contributed by atoms with Crippen LogP contribution in [0.2, 0.25) is 0 Å². The molecule has 1 aromatic heterocycles. The third-order valence-corrected chi connectivity index (χ3v) is 4.16. The van der Waals surface area contributed by atoms with Gasteiger partial charge in [0.25, 0.3) is 10.8 Å². The number of rotatable bonds is 5. The SMILES string of the molecule is COC(=O)CSC(=O)Nc1ccc(Cn2cc(C(F)(F)F)ccc2=O)cc1. The number of hydrogen-bond donors (Lipinski definition) is 1. The average molecular weight is 400 g/mol. The Morgan fingerprint density at radius 2 is 1.81 bits per heavy atom. The van der Waals surface area contributed by atoms with Crippen molar-refractivity contribution in [1.82, 2.24) is 4.57 Å². The van der Waals surface area contributed by atoms with Crippen molar-refractivity contribution in [3.05, 3.63) is 64.1 Å². The molecule has 2 aromatic rings. The first-order valence-electron chi connectivity index (χ1n) is 7.56. The Kier molecular flexibility index (Phi) is 6.67. The predicted octanol–water partition coefficient (Wildman–Crippen LogP) is 3.35. The van der Waals surface area contributed by atoms with E-state index < -0.39 is 28.5 Å². The fourth-order valence-electron chi connectivity index (χ4n) is 2.05. The molecule has 0 saturated heterocycles. The summed E-state index contributed by atoms with van der Waals surface area (Å²) >= 11 is 0.740. The largest absolute Gasteiger partial charge is 0.468 e. The zero-order valence-electron chi connectivity index (χ0n) is 14.1. The van der Waals surface area contributed by atoms with Gasteiger partial charge < -0.3 is 14.6 Å². The van der Waals surface area contributed by atoms with Gasteiger partial charge >= 0.3 is 12.1 Å². The van der Waals surface area contributed by atoms with Crippen LogP contribution in [0.1, 0.15) is 11.1 Å². The summed E-state index contributed by atoms with van der Waals surface area (Å²) in [6.07, 6.45) is -3.77. The predicted molar refractivity (Wildman–Crippen MR) is 94.7 cm³/mol. The number of carbonyl (C=O) groups is 2. The molecule has 0 fully saturated rings. The highest BCUT2D eigenvalue weighted by atomic mass is 32.2. The molecule has 0 bridgehead atoms. The zero-order valence-corrected chi connectivity index (χ0v) is 14.9. The number of alkyl halides is 3. The highest BCUT2D eigenvalue weighted by Crippen LogP contribution is 2.28. The van der Waals surface area contributed by atoms with Gasteiger partial charge in [-0.3, -0.25) is 14.4 Å². The lowest BCUT2D eigenvalue weighted by molar-refractivity contribution is -0.138. The summed E-state index contributed by atoms with van der Waals surface area (Å²) in [6.45, 7) is -0.0475. The second kappa shape index (κ2) is 8.76. The smallest absolute Gasteiger partial charge is 0.417 e. The van der Waals surface area contributed by atoms with Gasteiger partial charge in [0.15, 0.2) is 0 Å². The Hall–Kier alpha value is -2.75. The molecule has 1 aromatic carbocycles. The quantitative estimate of drug-likeness (QED) is 0.779. The minimum atomic E-state index is -4.54. The molecule has 0 spiro atoms. The van der Waals surface area contributed by atoms with Gasteiger partial charge in [-0.2, -0.15) is 13.2 Å². The van der Waals surface area contributed by atoms with E-state index in [9.17, 15) is 27.6 Å². The lowest BCUT2D eigenvalue weighted by atomic mass is 10.2. The van der Waals surface area contributed by atoms with Gasteiger partial charge in [0.2, 0.25) is 0 Å². The number of anilines is 1. The van der Waals surface area contributed by atoms with E-state index in [0.717, 1.165) is 34.7 Å². The van der Waals surface area contributed by atoms with E-state index in [1.165, 1.54) is 7.11 Å². The van der Waals surface area contributed by atoms with Gasteiger partial charge in [-0.1, -0.05) is 23.9 Å². The van der Waals surface area contributed by atoms with Crippen molar-refractivity contribution in [3.63, 3.8) is 0 Å². The van der Waals surface area contributed by atoms with Crippen LogP contribution in [0.3, 0.4) is 0 Å². The molecular formula is C17H15F3N2O4S. The summed E-state index contributed by atoms with van der Waals surface area (Å²) in [4.78, 5) is 34.4. The second-order valence-corrected chi connectivity index (χ2v) is 6.30. The molecule has 0 radical (unpaired) electrons. The molecule has 1 N–H and O–H groups in total. The molecule has 2 rings (SSSR count). The minimum Gasteiger partial charge on any atom is -0.468 e. The van der Waals surface area contributed by atoms with Crippen LogP contribution in [0, 0.1) is 0 Å². The minimum absolute atomic E-state index is 0.0475. The van der Waals surface area contributed by atoms with Crippen LogP contribution in [-0.2, 0) is 22.3 Å². The Balaban J connectivity index is 2.03. The number of esters is 1. The number of carbonyl (C=O) groups excluding carboxylic acids is 2. The van der Waals surface area contributed by atoms with Crippen molar-refractivity contribution >= 4 is 28.7 Å². The van der Waals surface area contributed by atoms with Crippen LogP contribution in [0.4, 0.5) is 23.7 Å². The van der Waals surface area contributed by atoms with Crippen molar-refractivity contribution in [1.29, 1.82) is 0 Å². The molecular weight excluding hydrogens is 385 g/mol. The monoisotopic (exact) mass is 400 g/mol. The van der Waals surface area contributed by atoms with E-state index in [4.69, 9.17) is 0 Å². The first-order valence-corrected chi connectivity index (χ1v) is 8.55. The first-order chi connectivity index (χ1) is 12.7. The summed E-state index contributed by atoms with van der Waals surface area (Å²) in [5.41, 5.74) is -0.442. The lowest BCUT2D eigenvalue weighted by Crippen LogP contribution is -2.21. The van der Waals surface area contributed by atoms with Crippen LogP contribution < -0.4 is 10.9 Å². The fourth-order valence-corrected chi connectivity index (χ4v) is 2.61. The maximum atomic E-state index is 12.8.